The summed E-state index contributed by atoms with van der Waals surface area (Å²) in [4.78, 5) is 16.1. The van der Waals surface area contributed by atoms with Gasteiger partial charge in [0.1, 0.15) is 12.7 Å². The lowest BCUT2D eigenvalue weighted by Gasteiger charge is -2.16. The molecule has 33 heavy (non-hydrogen) atoms. The molecule has 0 spiro atoms. The van der Waals surface area contributed by atoms with Crippen LogP contribution in [0.3, 0.4) is 0 Å². The maximum absolute atomic E-state index is 11.8. The number of hydrogen-bond donors (Lipinski definition) is 2. The Morgan fingerprint density at radius 2 is 2.18 bits per heavy atom. The summed E-state index contributed by atoms with van der Waals surface area (Å²) >= 11 is 0. The number of carbonyl (C=O) groups excluding carboxylic acids is 1. The Morgan fingerprint density at radius 1 is 1.36 bits per heavy atom. The number of aromatic nitrogens is 3. The Balaban J connectivity index is 1.30. The van der Waals surface area contributed by atoms with Crippen LogP contribution in [-0.2, 0) is 17.9 Å². The molecule has 8 nitrogen and oxygen atoms in total. The molecule has 168 valence electrons. The number of nitrogens with zero attached hydrogens (tertiary/aromatic N) is 4. The Morgan fingerprint density at radius 3 is 2.91 bits per heavy atom. The van der Waals surface area contributed by atoms with E-state index in [-0.39, 0.29) is 12.6 Å². The van der Waals surface area contributed by atoms with Gasteiger partial charge in [-0.05, 0) is 55.5 Å². The van der Waals surface area contributed by atoms with E-state index in [2.05, 4.69) is 16.4 Å². The highest BCUT2D eigenvalue weighted by molar-refractivity contribution is 5.93. The highest BCUT2D eigenvalue weighted by Gasteiger charge is 2.30. The monoisotopic (exact) mass is 443 g/mol. The third kappa shape index (κ3) is 4.01. The quantitative estimate of drug-likeness (QED) is 0.540. The number of cyclic esters (lactones) is 1. The minimum Gasteiger partial charge on any atom is -0.457 e. The summed E-state index contributed by atoms with van der Waals surface area (Å²) in [5.74, 6) is 0.845. The molecule has 2 N–H and O–H groups in total. The number of aliphatic hydroxyl groups is 1. The number of pyridine rings is 1. The number of aliphatic hydroxyl groups excluding tert-OH is 1. The molecule has 0 radical (unpaired) electrons. The molecule has 1 unspecified atom stereocenters. The van der Waals surface area contributed by atoms with Crippen LogP contribution in [0.15, 0.2) is 30.6 Å². The van der Waals surface area contributed by atoms with Crippen LogP contribution in [0.5, 0.6) is 0 Å². The van der Waals surface area contributed by atoms with Crippen molar-refractivity contribution in [2.75, 3.05) is 6.54 Å². The van der Waals surface area contributed by atoms with Crippen molar-refractivity contribution in [2.24, 2.45) is 0 Å². The van der Waals surface area contributed by atoms with Crippen LogP contribution in [0.4, 0.5) is 0 Å². The molecule has 1 atom stereocenters. The molecule has 5 rings (SSSR count). The normalized spacial score (nSPS) is 15.8. The molecule has 1 aromatic carbocycles. The first-order valence-electron chi connectivity index (χ1n) is 11.1. The second-order valence-electron chi connectivity index (χ2n) is 8.76. The third-order valence-corrected chi connectivity index (χ3v) is 6.46. The van der Waals surface area contributed by atoms with Crippen LogP contribution in [0.25, 0.3) is 5.82 Å². The van der Waals surface area contributed by atoms with E-state index in [1.54, 1.807) is 23.0 Å². The number of nitriles is 1. The van der Waals surface area contributed by atoms with E-state index in [1.165, 1.54) is 0 Å². The fourth-order valence-electron chi connectivity index (χ4n) is 4.34. The lowest BCUT2D eigenvalue weighted by Crippen LogP contribution is -2.22. The number of aryl methyl sites for hydroxylation is 1. The Bertz CT molecular complexity index is 1290. The van der Waals surface area contributed by atoms with E-state index in [1.807, 2.05) is 26.1 Å². The van der Waals surface area contributed by atoms with Gasteiger partial charge in [0.25, 0.3) is 0 Å². The SMILES string of the molecule is Cc1cc(-n2cc(CNCC(O)c3ccc4c(c3C)COC4=O)c(C3CC3)n2)ncc1C#N. The molecule has 0 amide bonds. The van der Waals surface area contributed by atoms with Crippen LogP contribution in [0.1, 0.15) is 74.3 Å². The number of rotatable bonds is 7. The van der Waals surface area contributed by atoms with E-state index >= 15 is 0 Å². The van der Waals surface area contributed by atoms with Gasteiger partial charge in [-0.2, -0.15) is 10.4 Å². The van der Waals surface area contributed by atoms with E-state index in [9.17, 15) is 9.90 Å². The molecule has 2 aliphatic rings. The standard InChI is InChI=1S/C25H25N5O3/c1-14-7-23(28-10-17(14)8-26)30-12-18(24(29-30)16-3-4-16)9-27-11-22(31)19-5-6-20-21(15(19)2)13-33-25(20)32/h5-7,10,12,16,22,27,31H,3-4,9,11,13H2,1-2H3. The summed E-state index contributed by atoms with van der Waals surface area (Å²) in [6.07, 6.45) is 5.11. The highest BCUT2D eigenvalue weighted by atomic mass is 16.5. The fourth-order valence-corrected chi connectivity index (χ4v) is 4.34. The molecule has 1 fully saturated rings. The molecule has 1 saturated carbocycles. The maximum atomic E-state index is 11.8. The van der Waals surface area contributed by atoms with E-state index in [4.69, 9.17) is 15.1 Å². The molecule has 8 heteroatoms. The molecule has 3 heterocycles. The van der Waals surface area contributed by atoms with Gasteiger partial charge in [-0.15, -0.1) is 0 Å². The highest BCUT2D eigenvalue weighted by Crippen LogP contribution is 2.41. The first kappa shape index (κ1) is 21.3. The maximum Gasteiger partial charge on any atom is 0.338 e. The zero-order valence-electron chi connectivity index (χ0n) is 18.6. The van der Waals surface area contributed by atoms with Gasteiger partial charge in [0.05, 0.1) is 22.9 Å². The van der Waals surface area contributed by atoms with Gasteiger partial charge in [-0.3, -0.25) is 0 Å². The predicted octanol–water partition coefficient (Wildman–Crippen LogP) is 3.13. The Hall–Kier alpha value is -3.54. The first-order valence-corrected chi connectivity index (χ1v) is 11.1. The van der Waals surface area contributed by atoms with Gasteiger partial charge < -0.3 is 15.2 Å². The van der Waals surface area contributed by atoms with Crippen LogP contribution in [-0.4, -0.2) is 32.4 Å². The molecule has 1 aliphatic heterocycles. The molecule has 0 saturated heterocycles. The predicted molar refractivity (Wildman–Crippen MR) is 120 cm³/mol. The molecule has 0 bridgehead atoms. The van der Waals surface area contributed by atoms with Gasteiger partial charge in [-0.1, -0.05) is 6.07 Å². The zero-order chi connectivity index (χ0) is 23.1. The second kappa shape index (κ2) is 8.43. The van der Waals surface area contributed by atoms with Crippen molar-refractivity contribution in [3.8, 4) is 11.9 Å². The molecular weight excluding hydrogens is 418 g/mol. The van der Waals surface area contributed by atoms with Gasteiger partial charge in [0.2, 0.25) is 0 Å². The largest absolute Gasteiger partial charge is 0.457 e. The number of carbonyl (C=O) groups is 1. The molecular formula is C25H25N5O3. The molecule has 1 aliphatic carbocycles. The summed E-state index contributed by atoms with van der Waals surface area (Å²) in [5.41, 5.74) is 6.72. The van der Waals surface area contributed by atoms with Gasteiger partial charge in [0.15, 0.2) is 5.82 Å². The summed E-state index contributed by atoms with van der Waals surface area (Å²) in [6.45, 7) is 5.02. The zero-order valence-corrected chi connectivity index (χ0v) is 18.6. The summed E-state index contributed by atoms with van der Waals surface area (Å²) in [6, 6.07) is 7.55. The smallest absolute Gasteiger partial charge is 0.338 e. The first-order chi connectivity index (χ1) is 16.0. The minimum atomic E-state index is -0.701. The van der Waals surface area contributed by atoms with Crippen LogP contribution < -0.4 is 5.32 Å². The van der Waals surface area contributed by atoms with Gasteiger partial charge in [0, 0.05) is 42.5 Å². The lowest BCUT2D eigenvalue weighted by molar-refractivity contribution is 0.0535. The Kier molecular flexibility index (Phi) is 5.44. The molecule has 2 aromatic heterocycles. The number of nitrogens with one attached hydrogen (secondary N) is 1. The van der Waals surface area contributed by atoms with Crippen molar-refractivity contribution in [1.29, 1.82) is 5.26 Å². The van der Waals surface area contributed by atoms with Crippen molar-refractivity contribution in [1.82, 2.24) is 20.1 Å². The average Bonchev–Trinajstić information content (AvgIpc) is 3.45. The Labute approximate surface area is 191 Å². The number of fused-ring (bicyclic) bond motifs is 1. The van der Waals surface area contributed by atoms with Gasteiger partial charge in [-0.25, -0.2) is 14.5 Å². The second-order valence-corrected chi connectivity index (χ2v) is 8.76. The fraction of sp³-hybridized carbons (Fsp3) is 0.360. The van der Waals surface area contributed by atoms with Crippen molar-refractivity contribution >= 4 is 5.97 Å². The third-order valence-electron chi connectivity index (χ3n) is 6.46. The van der Waals surface area contributed by atoms with Crippen molar-refractivity contribution in [3.05, 3.63) is 75.2 Å². The lowest BCUT2D eigenvalue weighted by atomic mass is 9.95. The van der Waals surface area contributed by atoms with E-state index in [0.29, 0.717) is 36.0 Å². The van der Waals surface area contributed by atoms with Crippen LogP contribution in [0.2, 0.25) is 0 Å². The van der Waals surface area contributed by atoms with Crippen LogP contribution in [0, 0.1) is 25.2 Å². The van der Waals surface area contributed by atoms with Crippen molar-refractivity contribution in [3.63, 3.8) is 0 Å². The average molecular weight is 444 g/mol. The molecule has 3 aromatic rings. The summed E-state index contributed by atoms with van der Waals surface area (Å²) < 4.78 is 6.89. The number of benzene rings is 1. The van der Waals surface area contributed by atoms with Crippen molar-refractivity contribution < 1.29 is 14.6 Å². The topological polar surface area (TPSA) is 113 Å². The number of hydrogen-bond acceptors (Lipinski definition) is 7. The number of esters is 1. The number of ether oxygens (including phenoxy) is 1. The van der Waals surface area contributed by atoms with E-state index < -0.39 is 6.10 Å². The summed E-state index contributed by atoms with van der Waals surface area (Å²) in [5, 5.41) is 28.1. The summed E-state index contributed by atoms with van der Waals surface area (Å²) in [7, 11) is 0. The minimum absolute atomic E-state index is 0.265. The van der Waals surface area contributed by atoms with E-state index in [0.717, 1.165) is 46.4 Å². The van der Waals surface area contributed by atoms with Gasteiger partial charge >= 0.3 is 5.97 Å². The van der Waals surface area contributed by atoms with Crippen LogP contribution >= 0.6 is 0 Å². The van der Waals surface area contributed by atoms with Crippen molar-refractivity contribution in [2.45, 2.75) is 51.9 Å².